The van der Waals surface area contributed by atoms with Crippen LogP contribution < -0.4 is 0 Å². The Bertz CT molecular complexity index is 662. The third-order valence-electron chi connectivity index (χ3n) is 4.58. The van der Waals surface area contributed by atoms with Gasteiger partial charge in [0, 0.05) is 16.0 Å². The molecule has 0 bridgehead atoms. The summed E-state index contributed by atoms with van der Waals surface area (Å²) in [6, 6.07) is 7.87. The molecule has 1 aromatic carbocycles. The molecule has 6 nitrogen and oxygen atoms in total. The van der Waals surface area contributed by atoms with Gasteiger partial charge in [0.25, 0.3) is 0 Å². The molecule has 2 aliphatic heterocycles. The predicted octanol–water partition coefficient (Wildman–Crippen LogP) is 3.08. The van der Waals surface area contributed by atoms with Crippen molar-refractivity contribution >= 4 is 15.9 Å². The lowest BCUT2D eigenvalue weighted by molar-refractivity contribution is -0.0980. The van der Waals surface area contributed by atoms with E-state index in [1.165, 1.54) is 0 Å². The van der Waals surface area contributed by atoms with E-state index in [0.717, 1.165) is 49.2 Å². The number of hydrogen-bond donors (Lipinski definition) is 0. The van der Waals surface area contributed by atoms with Crippen molar-refractivity contribution in [3.63, 3.8) is 0 Å². The maximum absolute atomic E-state index is 5.81. The van der Waals surface area contributed by atoms with Crippen LogP contribution in [0.2, 0.25) is 0 Å². The lowest BCUT2D eigenvalue weighted by Crippen LogP contribution is -2.37. The van der Waals surface area contributed by atoms with Crippen molar-refractivity contribution in [1.29, 1.82) is 0 Å². The highest BCUT2D eigenvalue weighted by Gasteiger charge is 2.30. The highest BCUT2D eigenvalue weighted by Crippen LogP contribution is 2.27. The van der Waals surface area contributed by atoms with Gasteiger partial charge in [0.1, 0.15) is 0 Å². The molecule has 0 radical (unpaired) electrons. The minimum absolute atomic E-state index is 0.000406. The molecule has 3 heterocycles. The number of benzene rings is 1. The molecular weight excluding hydrogens is 374 g/mol. The standard InChI is InChI=1S/C17H20BrN3O3/c18-14-3-1-12(2-4-14)16-20-19-15(24-16)11-21-7-5-13(6-8-21)17-22-9-10-23-17/h1-4,13,17H,5-11H2. The second kappa shape index (κ2) is 7.31. The highest BCUT2D eigenvalue weighted by molar-refractivity contribution is 9.10. The molecule has 2 fully saturated rings. The second-order valence-electron chi connectivity index (χ2n) is 6.23. The summed E-state index contributed by atoms with van der Waals surface area (Å²) in [7, 11) is 0. The first-order chi connectivity index (χ1) is 11.8. The molecule has 0 saturated carbocycles. The van der Waals surface area contributed by atoms with Crippen LogP contribution in [-0.2, 0) is 16.0 Å². The Morgan fingerprint density at radius 1 is 1.04 bits per heavy atom. The van der Waals surface area contributed by atoms with Gasteiger partial charge in [0.15, 0.2) is 6.29 Å². The van der Waals surface area contributed by atoms with Gasteiger partial charge in [-0.25, -0.2) is 0 Å². The quantitative estimate of drug-likeness (QED) is 0.795. The van der Waals surface area contributed by atoms with Gasteiger partial charge in [-0.15, -0.1) is 10.2 Å². The van der Waals surface area contributed by atoms with E-state index in [9.17, 15) is 0 Å². The van der Waals surface area contributed by atoms with E-state index in [-0.39, 0.29) is 6.29 Å². The lowest BCUT2D eigenvalue weighted by atomic mass is 9.96. The molecule has 2 aliphatic rings. The fraction of sp³-hybridized carbons (Fsp3) is 0.529. The van der Waals surface area contributed by atoms with E-state index >= 15 is 0 Å². The minimum atomic E-state index is -0.000406. The highest BCUT2D eigenvalue weighted by atomic mass is 79.9. The second-order valence-corrected chi connectivity index (χ2v) is 7.15. The number of likely N-dealkylation sites (tertiary alicyclic amines) is 1. The topological polar surface area (TPSA) is 60.6 Å². The van der Waals surface area contributed by atoms with Crippen LogP contribution in [0.25, 0.3) is 11.5 Å². The number of rotatable bonds is 4. The zero-order valence-electron chi connectivity index (χ0n) is 13.4. The zero-order chi connectivity index (χ0) is 16.4. The summed E-state index contributed by atoms with van der Waals surface area (Å²) in [6.45, 7) is 4.16. The molecule has 128 valence electrons. The number of hydrogen-bond acceptors (Lipinski definition) is 6. The molecule has 0 atom stereocenters. The average molecular weight is 394 g/mol. The Balaban J connectivity index is 1.32. The largest absolute Gasteiger partial charge is 0.419 e. The Kier molecular flexibility index (Phi) is 4.93. The molecular formula is C17H20BrN3O3. The Labute approximate surface area is 149 Å². The fourth-order valence-corrected chi connectivity index (χ4v) is 3.51. The van der Waals surface area contributed by atoms with Crippen LogP contribution in [-0.4, -0.2) is 47.7 Å². The molecule has 24 heavy (non-hydrogen) atoms. The van der Waals surface area contributed by atoms with Gasteiger partial charge in [0.2, 0.25) is 11.8 Å². The van der Waals surface area contributed by atoms with Gasteiger partial charge in [0.05, 0.1) is 19.8 Å². The molecule has 7 heteroatoms. The predicted molar refractivity (Wildman–Crippen MR) is 91.1 cm³/mol. The van der Waals surface area contributed by atoms with Crippen molar-refractivity contribution in [2.75, 3.05) is 26.3 Å². The van der Waals surface area contributed by atoms with Crippen LogP contribution in [0.4, 0.5) is 0 Å². The summed E-state index contributed by atoms with van der Waals surface area (Å²) in [6.07, 6.45) is 2.16. The summed E-state index contributed by atoms with van der Waals surface area (Å²) in [5, 5.41) is 8.35. The van der Waals surface area contributed by atoms with E-state index < -0.39 is 0 Å². The van der Waals surface area contributed by atoms with Crippen molar-refractivity contribution < 1.29 is 13.9 Å². The Morgan fingerprint density at radius 3 is 2.46 bits per heavy atom. The maximum atomic E-state index is 5.81. The van der Waals surface area contributed by atoms with Crippen LogP contribution in [0.1, 0.15) is 18.7 Å². The van der Waals surface area contributed by atoms with E-state index in [1.54, 1.807) is 0 Å². The number of halogens is 1. The van der Waals surface area contributed by atoms with Gasteiger partial charge >= 0.3 is 0 Å². The molecule has 2 aromatic rings. The first kappa shape index (κ1) is 16.2. The van der Waals surface area contributed by atoms with Gasteiger partial charge in [-0.2, -0.15) is 0 Å². The number of piperidine rings is 1. The molecule has 4 rings (SSSR count). The molecule has 0 spiro atoms. The summed E-state index contributed by atoms with van der Waals surface area (Å²) >= 11 is 3.43. The van der Waals surface area contributed by atoms with E-state index in [4.69, 9.17) is 13.9 Å². The molecule has 0 N–H and O–H groups in total. The van der Waals surface area contributed by atoms with Crippen LogP contribution >= 0.6 is 15.9 Å². The van der Waals surface area contributed by atoms with E-state index in [0.29, 0.717) is 24.2 Å². The van der Waals surface area contributed by atoms with Crippen molar-refractivity contribution in [3.8, 4) is 11.5 Å². The van der Waals surface area contributed by atoms with Gasteiger partial charge in [-0.3, -0.25) is 4.90 Å². The summed E-state index contributed by atoms with van der Waals surface area (Å²) < 4.78 is 18.1. The minimum Gasteiger partial charge on any atom is -0.419 e. The maximum Gasteiger partial charge on any atom is 0.247 e. The molecule has 0 unspecified atom stereocenters. The normalized spacial score (nSPS) is 20.7. The summed E-state index contributed by atoms with van der Waals surface area (Å²) in [5.41, 5.74) is 0.936. The number of aromatic nitrogens is 2. The van der Waals surface area contributed by atoms with Crippen LogP contribution in [0.3, 0.4) is 0 Å². The summed E-state index contributed by atoms with van der Waals surface area (Å²) in [5.74, 6) is 1.74. The first-order valence-corrected chi connectivity index (χ1v) is 9.11. The van der Waals surface area contributed by atoms with Gasteiger partial charge in [-0.05, 0) is 50.2 Å². The first-order valence-electron chi connectivity index (χ1n) is 8.32. The Morgan fingerprint density at radius 2 is 1.75 bits per heavy atom. The van der Waals surface area contributed by atoms with Crippen LogP contribution in [0, 0.1) is 5.92 Å². The molecule has 2 saturated heterocycles. The van der Waals surface area contributed by atoms with Crippen molar-refractivity contribution in [2.45, 2.75) is 25.7 Å². The van der Waals surface area contributed by atoms with Gasteiger partial charge in [-0.1, -0.05) is 15.9 Å². The van der Waals surface area contributed by atoms with E-state index in [2.05, 4.69) is 31.0 Å². The van der Waals surface area contributed by atoms with Crippen molar-refractivity contribution in [2.24, 2.45) is 5.92 Å². The summed E-state index contributed by atoms with van der Waals surface area (Å²) in [4.78, 5) is 2.35. The van der Waals surface area contributed by atoms with Crippen LogP contribution in [0.5, 0.6) is 0 Å². The number of nitrogens with zero attached hydrogens (tertiary/aromatic N) is 3. The van der Waals surface area contributed by atoms with Crippen molar-refractivity contribution in [1.82, 2.24) is 15.1 Å². The monoisotopic (exact) mass is 393 g/mol. The smallest absolute Gasteiger partial charge is 0.247 e. The SMILES string of the molecule is Brc1ccc(-c2nnc(CN3CCC(C4OCCO4)CC3)o2)cc1. The third-order valence-corrected chi connectivity index (χ3v) is 5.11. The third kappa shape index (κ3) is 3.69. The average Bonchev–Trinajstić information content (AvgIpc) is 3.28. The molecule has 0 aliphatic carbocycles. The van der Waals surface area contributed by atoms with E-state index in [1.807, 2.05) is 24.3 Å². The Hall–Kier alpha value is -1.28. The fourth-order valence-electron chi connectivity index (χ4n) is 3.25. The zero-order valence-corrected chi connectivity index (χ0v) is 14.9. The molecule has 0 amide bonds. The lowest BCUT2D eigenvalue weighted by Gasteiger charge is -2.32. The van der Waals surface area contributed by atoms with Crippen LogP contribution in [0.15, 0.2) is 33.2 Å². The number of ether oxygens (including phenoxy) is 2. The molecule has 1 aromatic heterocycles. The van der Waals surface area contributed by atoms with Crippen molar-refractivity contribution in [3.05, 3.63) is 34.6 Å². The van der Waals surface area contributed by atoms with Gasteiger partial charge < -0.3 is 13.9 Å².